The first-order valence-electron chi connectivity index (χ1n) is 11.3. The number of aromatic nitrogens is 3. The van der Waals surface area contributed by atoms with Crippen LogP contribution < -0.4 is 10.4 Å². The second-order valence-corrected chi connectivity index (χ2v) is 10.0. The van der Waals surface area contributed by atoms with Crippen LogP contribution in [0.2, 0.25) is 0 Å². The SMILES string of the molecule is C=C1CC(CN2CN(CC)C(=O)c3c(O)c(=O)c(-c4nnc(Cc5cc(F)c(F)cc5F)s4)cn32)C1. The van der Waals surface area contributed by atoms with Crippen molar-refractivity contribution in [1.82, 2.24) is 19.8 Å². The van der Waals surface area contributed by atoms with Gasteiger partial charge in [-0.15, -0.1) is 10.2 Å². The van der Waals surface area contributed by atoms with E-state index in [0.717, 1.165) is 35.8 Å². The quantitative estimate of drug-likeness (QED) is 0.398. The molecule has 0 atom stereocenters. The lowest BCUT2D eigenvalue weighted by Crippen LogP contribution is -2.55. The topological polar surface area (TPSA) is 91.6 Å². The number of carbonyl (C=O) groups excluding carboxylic acids is 1. The van der Waals surface area contributed by atoms with Crippen LogP contribution in [0.3, 0.4) is 0 Å². The molecule has 0 radical (unpaired) electrons. The van der Waals surface area contributed by atoms with Gasteiger partial charge in [0.1, 0.15) is 17.5 Å². The van der Waals surface area contributed by atoms with Crippen molar-refractivity contribution in [2.24, 2.45) is 5.92 Å². The molecule has 1 aliphatic heterocycles. The number of halogens is 3. The van der Waals surface area contributed by atoms with Crippen molar-refractivity contribution in [2.75, 3.05) is 24.8 Å². The summed E-state index contributed by atoms with van der Waals surface area (Å²) < 4.78 is 42.4. The number of hydrogen-bond donors (Lipinski definition) is 1. The molecule has 1 aliphatic carbocycles. The van der Waals surface area contributed by atoms with Gasteiger partial charge in [0.05, 0.1) is 5.56 Å². The molecule has 0 spiro atoms. The molecule has 0 bridgehead atoms. The molecule has 1 fully saturated rings. The molecule has 2 aromatic heterocycles. The van der Waals surface area contributed by atoms with E-state index in [0.29, 0.717) is 25.1 Å². The minimum atomic E-state index is -1.29. The molecule has 36 heavy (non-hydrogen) atoms. The van der Waals surface area contributed by atoms with Crippen LogP contribution in [-0.2, 0) is 6.42 Å². The molecule has 1 N–H and O–H groups in total. The Hall–Kier alpha value is -3.67. The van der Waals surface area contributed by atoms with Gasteiger partial charge in [-0.3, -0.25) is 19.3 Å². The summed E-state index contributed by atoms with van der Waals surface area (Å²) >= 11 is 0.955. The molecule has 8 nitrogen and oxygen atoms in total. The van der Waals surface area contributed by atoms with Gasteiger partial charge in [-0.05, 0) is 37.3 Å². The molecule has 5 rings (SSSR count). The number of fused-ring (bicyclic) bond motifs is 1. The van der Waals surface area contributed by atoms with Crippen LogP contribution in [0, 0.1) is 23.4 Å². The fourth-order valence-corrected chi connectivity index (χ4v) is 5.38. The summed E-state index contributed by atoms with van der Waals surface area (Å²) in [4.78, 5) is 27.6. The zero-order valence-electron chi connectivity index (χ0n) is 19.3. The van der Waals surface area contributed by atoms with Gasteiger partial charge in [0.25, 0.3) is 5.91 Å². The summed E-state index contributed by atoms with van der Waals surface area (Å²) in [6.07, 6.45) is 3.02. The molecule has 3 aromatic rings. The zero-order valence-corrected chi connectivity index (χ0v) is 20.1. The molecular weight excluding hydrogens is 495 g/mol. The summed E-state index contributed by atoms with van der Waals surface area (Å²) in [6.45, 7) is 7.07. The molecule has 0 saturated heterocycles. The van der Waals surface area contributed by atoms with E-state index in [9.17, 15) is 27.9 Å². The van der Waals surface area contributed by atoms with Gasteiger partial charge in [0.15, 0.2) is 28.1 Å². The fourth-order valence-electron chi connectivity index (χ4n) is 4.51. The highest BCUT2D eigenvalue weighted by atomic mass is 32.1. The van der Waals surface area contributed by atoms with E-state index in [2.05, 4.69) is 16.8 Å². The Bertz CT molecular complexity index is 1450. The maximum absolute atomic E-state index is 14.1. The Morgan fingerprint density at radius 1 is 1.14 bits per heavy atom. The average Bonchev–Trinajstić information content (AvgIpc) is 3.28. The summed E-state index contributed by atoms with van der Waals surface area (Å²) in [6, 6.07) is 1.21. The predicted molar refractivity (Wildman–Crippen MR) is 127 cm³/mol. The van der Waals surface area contributed by atoms with Crippen molar-refractivity contribution in [1.29, 1.82) is 0 Å². The number of rotatable bonds is 6. The third-order valence-electron chi connectivity index (χ3n) is 6.43. The highest BCUT2D eigenvalue weighted by molar-refractivity contribution is 7.14. The lowest BCUT2D eigenvalue weighted by atomic mass is 9.81. The number of aromatic hydroxyl groups is 1. The second-order valence-electron chi connectivity index (χ2n) is 8.97. The van der Waals surface area contributed by atoms with E-state index in [-0.39, 0.29) is 39.9 Å². The molecule has 2 aliphatic rings. The van der Waals surface area contributed by atoms with Gasteiger partial charge in [-0.25, -0.2) is 13.2 Å². The van der Waals surface area contributed by atoms with E-state index < -0.39 is 34.5 Å². The maximum atomic E-state index is 14.1. The Labute approximate surface area is 207 Å². The Kier molecular flexibility index (Phi) is 6.07. The Balaban J connectivity index is 1.51. The number of amides is 1. The van der Waals surface area contributed by atoms with Crippen LogP contribution in [0.25, 0.3) is 10.6 Å². The molecule has 0 unspecified atom stereocenters. The van der Waals surface area contributed by atoms with Crippen molar-refractivity contribution in [3.05, 3.63) is 74.4 Å². The van der Waals surface area contributed by atoms with Crippen LogP contribution in [0.5, 0.6) is 5.75 Å². The largest absolute Gasteiger partial charge is 0.502 e. The summed E-state index contributed by atoms with van der Waals surface area (Å²) in [7, 11) is 0. The minimum Gasteiger partial charge on any atom is -0.502 e. The molecule has 3 heterocycles. The summed E-state index contributed by atoms with van der Waals surface area (Å²) in [5.74, 6) is -4.22. The van der Waals surface area contributed by atoms with Crippen LogP contribution in [0.15, 0.2) is 35.3 Å². The van der Waals surface area contributed by atoms with Crippen LogP contribution in [0.4, 0.5) is 13.2 Å². The third kappa shape index (κ3) is 4.15. The van der Waals surface area contributed by atoms with Gasteiger partial charge in [-0.2, -0.15) is 0 Å². The van der Waals surface area contributed by atoms with Crippen molar-refractivity contribution < 1.29 is 23.1 Å². The van der Waals surface area contributed by atoms with Gasteiger partial charge >= 0.3 is 0 Å². The van der Waals surface area contributed by atoms with Gasteiger partial charge in [0.2, 0.25) is 5.43 Å². The minimum absolute atomic E-state index is 0.0199. The first-order valence-corrected chi connectivity index (χ1v) is 12.1. The summed E-state index contributed by atoms with van der Waals surface area (Å²) in [5, 5.41) is 21.0. The first-order chi connectivity index (χ1) is 17.2. The highest BCUT2D eigenvalue weighted by Crippen LogP contribution is 2.34. The molecule has 1 saturated carbocycles. The van der Waals surface area contributed by atoms with E-state index in [1.54, 1.807) is 4.90 Å². The first kappa shape index (κ1) is 24.0. The van der Waals surface area contributed by atoms with Gasteiger partial charge in [0, 0.05) is 31.8 Å². The second kappa shape index (κ2) is 9.08. The predicted octanol–water partition coefficient (Wildman–Crippen LogP) is 3.42. The van der Waals surface area contributed by atoms with E-state index in [1.807, 2.05) is 11.9 Å². The van der Waals surface area contributed by atoms with E-state index in [1.165, 1.54) is 10.9 Å². The van der Waals surface area contributed by atoms with Gasteiger partial charge < -0.3 is 10.0 Å². The summed E-state index contributed by atoms with van der Waals surface area (Å²) in [5.41, 5.74) is 0.157. The number of pyridine rings is 1. The van der Waals surface area contributed by atoms with Crippen LogP contribution in [0.1, 0.15) is 40.8 Å². The van der Waals surface area contributed by atoms with E-state index in [4.69, 9.17) is 0 Å². The molecular formula is C24H22F3N5O3S. The van der Waals surface area contributed by atoms with Crippen LogP contribution in [-0.4, -0.2) is 50.5 Å². The number of carbonyl (C=O) groups is 1. The Morgan fingerprint density at radius 2 is 1.86 bits per heavy atom. The van der Waals surface area contributed by atoms with Crippen LogP contribution >= 0.6 is 11.3 Å². The normalized spacial score (nSPS) is 15.9. The molecule has 12 heteroatoms. The average molecular weight is 518 g/mol. The molecule has 1 aromatic carbocycles. The number of nitrogens with zero attached hydrogens (tertiary/aromatic N) is 5. The van der Waals surface area contributed by atoms with Crippen molar-refractivity contribution in [3.8, 4) is 16.3 Å². The lowest BCUT2D eigenvalue weighted by molar-refractivity contribution is 0.0691. The van der Waals surface area contributed by atoms with Gasteiger partial charge in [-0.1, -0.05) is 23.5 Å². The molecule has 188 valence electrons. The maximum Gasteiger partial charge on any atom is 0.277 e. The number of benzene rings is 1. The number of allylic oxidation sites excluding steroid dienone is 1. The Morgan fingerprint density at radius 3 is 2.56 bits per heavy atom. The van der Waals surface area contributed by atoms with Crippen molar-refractivity contribution >= 4 is 17.2 Å². The standard InChI is InChI=1S/C24H22F3N5O3S/c1-3-30-11-31(9-13-4-12(2)5-13)32-10-15(21(33)22(34)20(32)24(30)35)23-29-28-19(36-23)7-14-6-17(26)18(27)8-16(14)25/h6,8,10,13,34H,2-5,7,9,11H2,1H3. The third-order valence-corrected chi connectivity index (χ3v) is 7.38. The molecule has 1 amide bonds. The smallest absolute Gasteiger partial charge is 0.277 e. The van der Waals surface area contributed by atoms with E-state index >= 15 is 0 Å². The fraction of sp³-hybridized carbons (Fsp3) is 0.333. The zero-order chi connectivity index (χ0) is 25.7. The van der Waals surface area contributed by atoms with Crippen molar-refractivity contribution in [2.45, 2.75) is 26.2 Å². The van der Waals surface area contributed by atoms with Crippen molar-refractivity contribution in [3.63, 3.8) is 0 Å². The lowest BCUT2D eigenvalue weighted by Gasteiger charge is -2.42. The monoisotopic (exact) mass is 517 g/mol. The number of hydrogen-bond acceptors (Lipinski definition) is 7. The highest BCUT2D eigenvalue weighted by Gasteiger charge is 2.35.